The Kier molecular flexibility index (Phi) is 5.05. The van der Waals surface area contributed by atoms with E-state index < -0.39 is 0 Å². The highest BCUT2D eigenvalue weighted by molar-refractivity contribution is 5.78. The standard InChI is InChI=1S/C25H34N6O/c1-16-21(17(2)28-31-15-26-27-25(16)31)8-9-23(32)30-11-5-6-18-12-19-13-20(24(18)30)14-29-10-4-3-7-22(19)29/h12,15,19-20,22,24H,3-11,13-14H2,1-2H3/t19?,20?,22-,24-/m1/s1. The van der Waals surface area contributed by atoms with Crippen molar-refractivity contribution in [2.24, 2.45) is 11.8 Å². The van der Waals surface area contributed by atoms with E-state index in [4.69, 9.17) is 0 Å². The van der Waals surface area contributed by atoms with Gasteiger partial charge in [0.15, 0.2) is 5.65 Å². The Hall–Kier alpha value is -2.28. The van der Waals surface area contributed by atoms with E-state index >= 15 is 0 Å². The molecule has 7 nitrogen and oxygen atoms in total. The second-order valence-corrected chi connectivity index (χ2v) is 10.4. The number of aryl methyl sites for hydroxylation is 2. The highest BCUT2D eigenvalue weighted by Crippen LogP contribution is 2.45. The number of nitrogens with zero attached hydrogens (tertiary/aromatic N) is 6. The molecule has 6 rings (SSSR count). The molecule has 3 fully saturated rings. The second-order valence-electron chi connectivity index (χ2n) is 10.4. The molecule has 4 aliphatic rings. The first-order valence-electron chi connectivity index (χ1n) is 12.5. The molecule has 7 heteroatoms. The van der Waals surface area contributed by atoms with Crippen molar-refractivity contribution in [2.45, 2.75) is 77.3 Å². The maximum absolute atomic E-state index is 13.5. The minimum absolute atomic E-state index is 0.306. The van der Waals surface area contributed by atoms with E-state index in [0.29, 0.717) is 30.2 Å². The van der Waals surface area contributed by atoms with Gasteiger partial charge in [-0.3, -0.25) is 9.69 Å². The molecular weight excluding hydrogens is 400 g/mol. The molecule has 0 saturated carbocycles. The van der Waals surface area contributed by atoms with Gasteiger partial charge in [0.2, 0.25) is 5.91 Å². The molecule has 2 aromatic heterocycles. The zero-order valence-electron chi connectivity index (χ0n) is 19.3. The van der Waals surface area contributed by atoms with Gasteiger partial charge in [-0.05, 0) is 76.3 Å². The molecule has 3 aliphatic heterocycles. The Morgan fingerprint density at radius 1 is 1.19 bits per heavy atom. The van der Waals surface area contributed by atoms with E-state index in [1.165, 1.54) is 45.2 Å². The first kappa shape index (κ1) is 20.3. The van der Waals surface area contributed by atoms with Crippen molar-refractivity contribution in [1.82, 2.24) is 29.6 Å². The summed E-state index contributed by atoms with van der Waals surface area (Å²) in [5.74, 6) is 1.62. The number of likely N-dealkylation sites (tertiary alicyclic amines) is 1. The van der Waals surface area contributed by atoms with Crippen LogP contribution in [0.4, 0.5) is 0 Å². The summed E-state index contributed by atoms with van der Waals surface area (Å²) in [7, 11) is 0. The lowest BCUT2D eigenvalue weighted by Gasteiger charge is -2.54. The number of aromatic nitrogens is 4. The number of carbonyl (C=O) groups excluding carboxylic acids is 1. The van der Waals surface area contributed by atoms with Crippen molar-refractivity contribution in [3.8, 4) is 0 Å². The van der Waals surface area contributed by atoms with Gasteiger partial charge in [0.1, 0.15) is 6.33 Å². The summed E-state index contributed by atoms with van der Waals surface area (Å²) in [6, 6.07) is 1.08. The third-order valence-electron chi connectivity index (χ3n) is 8.58. The van der Waals surface area contributed by atoms with Crippen molar-refractivity contribution in [3.63, 3.8) is 0 Å². The summed E-state index contributed by atoms with van der Waals surface area (Å²) < 4.78 is 1.73. The Bertz CT molecular complexity index is 1070. The Labute approximate surface area is 189 Å². The van der Waals surface area contributed by atoms with Crippen LogP contribution in [-0.2, 0) is 11.2 Å². The van der Waals surface area contributed by atoms with Crippen LogP contribution < -0.4 is 0 Å². The Morgan fingerprint density at radius 2 is 2.09 bits per heavy atom. The van der Waals surface area contributed by atoms with Crippen molar-refractivity contribution in [3.05, 3.63) is 34.8 Å². The van der Waals surface area contributed by atoms with Gasteiger partial charge in [-0.25, -0.2) is 4.52 Å². The number of fused-ring (bicyclic) bond motifs is 7. The highest BCUT2D eigenvalue weighted by Gasteiger charge is 2.46. The SMILES string of the molecule is Cc1nn2cnnc2c(C)c1CCC(=O)N1CCCC2=CC3CC(CN4CCCC[C@H]34)[C@@H]21. The Morgan fingerprint density at radius 3 is 3.00 bits per heavy atom. The van der Waals surface area contributed by atoms with Gasteiger partial charge in [-0.15, -0.1) is 10.2 Å². The summed E-state index contributed by atoms with van der Waals surface area (Å²) in [6.45, 7) is 7.42. The molecular formula is C25H34N6O. The predicted octanol–water partition coefficient (Wildman–Crippen LogP) is 3.10. The lowest BCUT2D eigenvalue weighted by Crippen LogP contribution is -2.60. The average molecular weight is 435 g/mol. The van der Waals surface area contributed by atoms with Crippen LogP contribution in [0.5, 0.6) is 0 Å². The van der Waals surface area contributed by atoms with Crippen LogP contribution in [0.1, 0.15) is 61.8 Å². The molecule has 170 valence electrons. The normalized spacial score (nSPS) is 30.1. The fourth-order valence-electron chi connectivity index (χ4n) is 7.18. The van der Waals surface area contributed by atoms with Crippen molar-refractivity contribution in [1.29, 1.82) is 0 Å². The summed E-state index contributed by atoms with van der Waals surface area (Å²) in [5.41, 5.74) is 5.55. The van der Waals surface area contributed by atoms with Gasteiger partial charge < -0.3 is 4.90 Å². The molecule has 2 unspecified atom stereocenters. The summed E-state index contributed by atoms with van der Waals surface area (Å²) in [6.07, 6.45) is 13.1. The lowest BCUT2D eigenvalue weighted by molar-refractivity contribution is -0.136. The van der Waals surface area contributed by atoms with E-state index in [9.17, 15) is 4.79 Å². The number of carbonyl (C=O) groups is 1. The van der Waals surface area contributed by atoms with Crippen LogP contribution in [0.15, 0.2) is 18.0 Å². The third kappa shape index (κ3) is 3.28. The van der Waals surface area contributed by atoms with Gasteiger partial charge in [-0.1, -0.05) is 18.1 Å². The highest BCUT2D eigenvalue weighted by atomic mass is 16.2. The Balaban J connectivity index is 1.21. The van der Waals surface area contributed by atoms with Gasteiger partial charge in [0.05, 0.1) is 11.7 Å². The molecule has 32 heavy (non-hydrogen) atoms. The third-order valence-corrected chi connectivity index (χ3v) is 8.58. The first-order valence-corrected chi connectivity index (χ1v) is 12.5. The number of amides is 1. The summed E-state index contributed by atoms with van der Waals surface area (Å²) in [4.78, 5) is 18.5. The zero-order chi connectivity index (χ0) is 21.8. The van der Waals surface area contributed by atoms with Crippen molar-refractivity contribution >= 4 is 11.6 Å². The molecule has 2 bridgehead atoms. The van der Waals surface area contributed by atoms with Crippen LogP contribution in [0, 0.1) is 25.7 Å². The minimum atomic E-state index is 0.306. The van der Waals surface area contributed by atoms with Gasteiger partial charge in [0, 0.05) is 31.1 Å². The molecule has 2 aromatic rings. The number of hydrogen-bond donors (Lipinski definition) is 0. The quantitative estimate of drug-likeness (QED) is 0.695. The molecule has 4 atom stereocenters. The van der Waals surface area contributed by atoms with Gasteiger partial charge in [0.25, 0.3) is 0 Å². The zero-order valence-corrected chi connectivity index (χ0v) is 19.3. The summed E-state index contributed by atoms with van der Waals surface area (Å²) >= 11 is 0. The van der Waals surface area contributed by atoms with Crippen LogP contribution >= 0.6 is 0 Å². The fourth-order valence-corrected chi connectivity index (χ4v) is 7.18. The van der Waals surface area contributed by atoms with E-state index in [1.54, 1.807) is 16.4 Å². The predicted molar refractivity (Wildman–Crippen MR) is 122 cm³/mol. The molecule has 0 spiro atoms. The lowest BCUT2D eigenvalue weighted by atomic mass is 9.68. The second kappa shape index (κ2) is 7.94. The minimum Gasteiger partial charge on any atom is -0.336 e. The number of piperidine rings is 3. The van der Waals surface area contributed by atoms with E-state index in [2.05, 4.69) is 38.1 Å². The molecule has 5 heterocycles. The van der Waals surface area contributed by atoms with Crippen LogP contribution in [0.2, 0.25) is 0 Å². The van der Waals surface area contributed by atoms with Crippen molar-refractivity contribution in [2.75, 3.05) is 19.6 Å². The van der Waals surface area contributed by atoms with E-state index in [-0.39, 0.29) is 0 Å². The largest absolute Gasteiger partial charge is 0.336 e. The van der Waals surface area contributed by atoms with Crippen LogP contribution in [-0.4, -0.2) is 67.2 Å². The maximum atomic E-state index is 13.5. The smallest absolute Gasteiger partial charge is 0.223 e. The van der Waals surface area contributed by atoms with E-state index in [0.717, 1.165) is 47.9 Å². The van der Waals surface area contributed by atoms with Crippen LogP contribution in [0.25, 0.3) is 5.65 Å². The topological polar surface area (TPSA) is 66.6 Å². The molecule has 0 N–H and O–H groups in total. The molecule has 3 saturated heterocycles. The van der Waals surface area contributed by atoms with Crippen LogP contribution in [0.3, 0.4) is 0 Å². The summed E-state index contributed by atoms with van der Waals surface area (Å²) in [5, 5.41) is 12.8. The maximum Gasteiger partial charge on any atom is 0.223 e. The van der Waals surface area contributed by atoms with Gasteiger partial charge >= 0.3 is 0 Å². The number of rotatable bonds is 3. The molecule has 1 amide bonds. The first-order chi connectivity index (χ1) is 15.6. The molecule has 1 aliphatic carbocycles. The van der Waals surface area contributed by atoms with Gasteiger partial charge in [-0.2, -0.15) is 5.10 Å². The molecule has 0 radical (unpaired) electrons. The fraction of sp³-hybridized carbons (Fsp3) is 0.680. The average Bonchev–Trinajstić information content (AvgIpc) is 3.27. The van der Waals surface area contributed by atoms with E-state index in [1.807, 2.05) is 6.92 Å². The monoisotopic (exact) mass is 434 g/mol. The molecule has 0 aromatic carbocycles. The number of hydrogen-bond acceptors (Lipinski definition) is 5. The van der Waals surface area contributed by atoms with Crippen molar-refractivity contribution < 1.29 is 4.79 Å².